The first-order valence-corrected chi connectivity index (χ1v) is 5.90. The van der Waals surface area contributed by atoms with E-state index in [9.17, 15) is 14.4 Å². The maximum Gasteiger partial charge on any atom is 0.274 e. The zero-order chi connectivity index (χ0) is 13.0. The van der Waals surface area contributed by atoms with Crippen molar-refractivity contribution in [3.05, 3.63) is 23.5 Å². The molecule has 0 spiro atoms. The second-order valence-corrected chi connectivity index (χ2v) is 4.31. The minimum atomic E-state index is -0.494. The monoisotopic (exact) mass is 249 g/mol. The van der Waals surface area contributed by atoms with Gasteiger partial charge in [0.25, 0.3) is 5.91 Å². The first-order chi connectivity index (χ1) is 8.70. The Morgan fingerprint density at radius 1 is 1.33 bits per heavy atom. The van der Waals surface area contributed by atoms with Crippen molar-refractivity contribution >= 4 is 18.1 Å². The molecule has 96 valence electrons. The van der Waals surface area contributed by atoms with E-state index in [1.807, 2.05) is 0 Å². The summed E-state index contributed by atoms with van der Waals surface area (Å²) in [6.45, 7) is 1.59. The van der Waals surface area contributed by atoms with Crippen molar-refractivity contribution in [2.75, 3.05) is 13.1 Å². The molecule has 0 saturated carbocycles. The molecule has 1 aliphatic heterocycles. The van der Waals surface area contributed by atoms with Crippen LogP contribution in [-0.2, 0) is 4.79 Å². The fraction of sp³-hybridized carbons (Fsp3) is 0.417. The third-order valence-electron chi connectivity index (χ3n) is 3.03. The van der Waals surface area contributed by atoms with Crippen LogP contribution in [0.3, 0.4) is 0 Å². The van der Waals surface area contributed by atoms with E-state index in [2.05, 4.69) is 15.6 Å². The largest absolute Gasteiger partial charge is 0.356 e. The summed E-state index contributed by atoms with van der Waals surface area (Å²) >= 11 is 0. The van der Waals surface area contributed by atoms with Gasteiger partial charge in [-0.1, -0.05) is 0 Å². The minimum Gasteiger partial charge on any atom is -0.356 e. The van der Waals surface area contributed by atoms with Crippen LogP contribution in [0.2, 0.25) is 0 Å². The summed E-state index contributed by atoms with van der Waals surface area (Å²) in [5.41, 5.74) is 0.605. The third kappa shape index (κ3) is 2.84. The Morgan fingerprint density at radius 3 is 2.67 bits per heavy atom. The number of rotatable bonds is 3. The highest BCUT2D eigenvalue weighted by Gasteiger charge is 2.23. The van der Waals surface area contributed by atoms with Gasteiger partial charge in [-0.3, -0.25) is 19.7 Å². The number of aldehydes is 1. The molecule has 0 bridgehead atoms. The van der Waals surface area contributed by atoms with E-state index in [-0.39, 0.29) is 17.5 Å². The summed E-state index contributed by atoms with van der Waals surface area (Å²) in [7, 11) is 0. The number of amides is 2. The molecule has 18 heavy (non-hydrogen) atoms. The summed E-state index contributed by atoms with van der Waals surface area (Å²) in [6.07, 6.45) is 3.55. The second-order valence-electron chi connectivity index (χ2n) is 4.31. The topological polar surface area (TPSA) is 91.1 Å². The van der Waals surface area contributed by atoms with E-state index in [1.54, 1.807) is 0 Å². The van der Waals surface area contributed by atoms with Gasteiger partial charge in [-0.15, -0.1) is 0 Å². The maximum atomic E-state index is 11.8. The van der Waals surface area contributed by atoms with Gasteiger partial charge in [0.05, 0.1) is 0 Å². The van der Waals surface area contributed by atoms with Gasteiger partial charge in [0.2, 0.25) is 5.91 Å². The number of imide groups is 1. The average molecular weight is 249 g/mol. The molecule has 1 aromatic rings. The predicted molar refractivity (Wildman–Crippen MR) is 64.2 cm³/mol. The fourth-order valence-corrected chi connectivity index (χ4v) is 1.98. The molecule has 1 aliphatic rings. The smallest absolute Gasteiger partial charge is 0.274 e. The number of carbonyl (C=O) groups is 3. The fourth-order valence-electron chi connectivity index (χ4n) is 1.98. The molecular weight excluding hydrogens is 234 g/mol. The summed E-state index contributed by atoms with van der Waals surface area (Å²) in [4.78, 5) is 36.7. The lowest BCUT2D eigenvalue weighted by molar-refractivity contribution is -0.124. The molecule has 3 N–H and O–H groups in total. The van der Waals surface area contributed by atoms with E-state index in [1.165, 1.54) is 12.3 Å². The summed E-state index contributed by atoms with van der Waals surface area (Å²) in [5.74, 6) is -0.855. The molecule has 0 unspecified atom stereocenters. The predicted octanol–water partition coefficient (Wildman–Crippen LogP) is 0.0832. The Hall–Kier alpha value is -1.95. The molecule has 2 rings (SSSR count). The number of piperidine rings is 1. The molecule has 0 radical (unpaired) electrons. The highest BCUT2D eigenvalue weighted by Crippen LogP contribution is 2.11. The van der Waals surface area contributed by atoms with Gasteiger partial charge in [-0.25, -0.2) is 0 Å². The molecule has 0 aliphatic carbocycles. The number of H-pyrrole nitrogens is 1. The zero-order valence-corrected chi connectivity index (χ0v) is 9.86. The average Bonchev–Trinajstić information content (AvgIpc) is 2.88. The van der Waals surface area contributed by atoms with Gasteiger partial charge in [-0.05, 0) is 32.0 Å². The Morgan fingerprint density at radius 2 is 2.06 bits per heavy atom. The van der Waals surface area contributed by atoms with Gasteiger partial charge in [0.1, 0.15) is 5.69 Å². The molecule has 1 aromatic heterocycles. The van der Waals surface area contributed by atoms with Crippen LogP contribution in [0.5, 0.6) is 0 Å². The van der Waals surface area contributed by atoms with E-state index >= 15 is 0 Å². The molecule has 1 saturated heterocycles. The normalized spacial score (nSPS) is 16.2. The van der Waals surface area contributed by atoms with Gasteiger partial charge in [0.15, 0.2) is 6.29 Å². The molecule has 1 fully saturated rings. The molecular formula is C12H15N3O3. The van der Waals surface area contributed by atoms with Crippen molar-refractivity contribution in [2.24, 2.45) is 5.92 Å². The van der Waals surface area contributed by atoms with Gasteiger partial charge >= 0.3 is 0 Å². The molecule has 2 heterocycles. The lowest BCUT2D eigenvalue weighted by Crippen LogP contribution is -2.40. The van der Waals surface area contributed by atoms with Crippen molar-refractivity contribution in [3.8, 4) is 0 Å². The summed E-state index contributed by atoms with van der Waals surface area (Å²) in [6, 6.07) is 1.41. The Labute approximate surface area is 104 Å². The van der Waals surface area contributed by atoms with Gasteiger partial charge in [-0.2, -0.15) is 0 Å². The number of hydrogen-bond donors (Lipinski definition) is 3. The van der Waals surface area contributed by atoms with Crippen molar-refractivity contribution < 1.29 is 14.4 Å². The van der Waals surface area contributed by atoms with Crippen LogP contribution in [0.25, 0.3) is 0 Å². The minimum absolute atomic E-state index is 0.115. The van der Waals surface area contributed by atoms with Crippen LogP contribution < -0.4 is 10.6 Å². The molecule has 6 nitrogen and oxygen atoms in total. The van der Waals surface area contributed by atoms with Gasteiger partial charge < -0.3 is 10.3 Å². The van der Waals surface area contributed by atoms with Crippen molar-refractivity contribution in [1.82, 2.24) is 15.6 Å². The first-order valence-electron chi connectivity index (χ1n) is 5.90. The highest BCUT2D eigenvalue weighted by atomic mass is 16.2. The van der Waals surface area contributed by atoms with Crippen LogP contribution in [0.15, 0.2) is 12.3 Å². The third-order valence-corrected chi connectivity index (χ3v) is 3.03. The van der Waals surface area contributed by atoms with Crippen molar-refractivity contribution in [3.63, 3.8) is 0 Å². The molecule has 0 aromatic carbocycles. The van der Waals surface area contributed by atoms with E-state index in [0.717, 1.165) is 25.9 Å². The Balaban J connectivity index is 1.93. The zero-order valence-electron chi connectivity index (χ0n) is 9.86. The first kappa shape index (κ1) is 12.5. The maximum absolute atomic E-state index is 11.8. The van der Waals surface area contributed by atoms with Crippen LogP contribution in [-0.4, -0.2) is 36.2 Å². The summed E-state index contributed by atoms with van der Waals surface area (Å²) in [5, 5.41) is 5.51. The standard InChI is InChI=1S/C12H15N3O3/c16-7-8-5-10(14-6-8)12(18)15-11(17)9-1-3-13-4-2-9/h5-7,9,13-14H,1-4H2,(H,15,17,18). The number of aromatic nitrogens is 1. The number of aromatic amines is 1. The molecule has 6 heteroatoms. The van der Waals surface area contributed by atoms with Crippen LogP contribution >= 0.6 is 0 Å². The lowest BCUT2D eigenvalue weighted by atomic mass is 9.97. The van der Waals surface area contributed by atoms with Crippen molar-refractivity contribution in [1.29, 1.82) is 0 Å². The van der Waals surface area contributed by atoms with Crippen molar-refractivity contribution in [2.45, 2.75) is 12.8 Å². The Bertz CT molecular complexity index is 461. The SMILES string of the molecule is O=Cc1c[nH]c(C(=O)NC(=O)C2CCNCC2)c1. The van der Waals surface area contributed by atoms with Crippen LogP contribution in [0.1, 0.15) is 33.7 Å². The number of carbonyl (C=O) groups excluding carboxylic acids is 3. The Kier molecular flexibility index (Phi) is 3.88. The van der Waals surface area contributed by atoms with E-state index in [4.69, 9.17) is 0 Å². The van der Waals surface area contributed by atoms with Gasteiger partial charge in [0, 0.05) is 17.7 Å². The lowest BCUT2D eigenvalue weighted by Gasteiger charge is -2.21. The summed E-state index contributed by atoms with van der Waals surface area (Å²) < 4.78 is 0. The second kappa shape index (κ2) is 5.59. The van der Waals surface area contributed by atoms with E-state index in [0.29, 0.717) is 11.8 Å². The van der Waals surface area contributed by atoms with E-state index < -0.39 is 5.91 Å². The quantitative estimate of drug-likeness (QED) is 0.522. The molecule has 2 amide bonds. The van der Waals surface area contributed by atoms with Crippen LogP contribution in [0, 0.1) is 5.92 Å². The highest BCUT2D eigenvalue weighted by molar-refractivity contribution is 6.04. The van der Waals surface area contributed by atoms with Crippen LogP contribution in [0.4, 0.5) is 0 Å². The number of hydrogen-bond acceptors (Lipinski definition) is 4. The molecule has 0 atom stereocenters. The number of nitrogens with one attached hydrogen (secondary N) is 3.